The molecule has 8 heteroatoms. The summed E-state index contributed by atoms with van der Waals surface area (Å²) in [5.74, 6) is 1.01. The van der Waals surface area contributed by atoms with E-state index in [0.29, 0.717) is 42.3 Å². The van der Waals surface area contributed by atoms with Crippen molar-refractivity contribution in [3.05, 3.63) is 119 Å². The number of nitrogens with zero attached hydrogens (tertiary/aromatic N) is 2. The first-order valence-electron chi connectivity index (χ1n) is 14.2. The Kier molecular flexibility index (Phi) is 7.29. The van der Waals surface area contributed by atoms with Gasteiger partial charge in [0.25, 0.3) is 5.91 Å². The lowest BCUT2D eigenvalue weighted by Gasteiger charge is -2.50. The number of aryl methyl sites for hydroxylation is 2. The van der Waals surface area contributed by atoms with E-state index in [1.807, 2.05) is 44.2 Å². The summed E-state index contributed by atoms with van der Waals surface area (Å²) in [6, 6.07) is 22.6. The van der Waals surface area contributed by atoms with Crippen molar-refractivity contribution in [3.63, 3.8) is 0 Å². The normalized spacial score (nSPS) is 18.9. The predicted octanol–water partition coefficient (Wildman–Crippen LogP) is 6.02. The summed E-state index contributed by atoms with van der Waals surface area (Å²) in [5, 5.41) is 6.13. The molecule has 8 nitrogen and oxygen atoms in total. The molecule has 2 atom stereocenters. The molecule has 3 amide bonds. The van der Waals surface area contributed by atoms with Crippen LogP contribution in [0.2, 0.25) is 0 Å². The van der Waals surface area contributed by atoms with Gasteiger partial charge in [-0.25, -0.2) is 4.79 Å². The third-order valence-electron chi connectivity index (χ3n) is 7.78. The standard InChI is InChI=1S/C34H34N4O4/c1-22-10-12-24(13-11-22)14-15-36-32(39)26-6-4-7-27(17-26)38-33(40)37-29-18-34(38,3)42-31-28(29)8-5-9-30(31)41-21-25-16-23(2)19-35-20-25/h4-13,16-17,19-20,29H,14-15,18,21H2,1-3H3,(H,36,39)(H,37,40). The number of pyridine rings is 1. The van der Waals surface area contributed by atoms with Crippen LogP contribution in [0.15, 0.2) is 85.2 Å². The Bertz CT molecular complexity index is 1640. The van der Waals surface area contributed by atoms with Gasteiger partial charge in [-0.05, 0) is 68.7 Å². The van der Waals surface area contributed by atoms with Gasteiger partial charge in [0.2, 0.25) is 0 Å². The summed E-state index contributed by atoms with van der Waals surface area (Å²) >= 11 is 0. The molecule has 0 radical (unpaired) electrons. The van der Waals surface area contributed by atoms with Crippen LogP contribution in [0.1, 0.15) is 57.6 Å². The van der Waals surface area contributed by atoms with E-state index in [2.05, 4.69) is 46.8 Å². The van der Waals surface area contributed by atoms with Crippen molar-refractivity contribution < 1.29 is 19.1 Å². The van der Waals surface area contributed by atoms with Crippen molar-refractivity contribution in [2.75, 3.05) is 11.4 Å². The molecule has 4 aromatic rings. The van der Waals surface area contributed by atoms with Crippen LogP contribution in [0.5, 0.6) is 11.5 Å². The maximum Gasteiger partial charge on any atom is 0.325 e. The van der Waals surface area contributed by atoms with Gasteiger partial charge in [0.05, 0.1) is 11.7 Å². The zero-order valence-electron chi connectivity index (χ0n) is 24.0. The summed E-state index contributed by atoms with van der Waals surface area (Å²) in [5.41, 5.74) is 5.32. The molecule has 3 aromatic carbocycles. The van der Waals surface area contributed by atoms with E-state index in [0.717, 1.165) is 28.7 Å². The lowest BCUT2D eigenvalue weighted by Crippen LogP contribution is -2.65. The summed E-state index contributed by atoms with van der Waals surface area (Å²) < 4.78 is 12.8. The van der Waals surface area contributed by atoms with E-state index in [9.17, 15) is 9.59 Å². The minimum Gasteiger partial charge on any atom is -0.485 e. The first-order chi connectivity index (χ1) is 20.3. The zero-order valence-corrected chi connectivity index (χ0v) is 24.0. The molecular weight excluding hydrogens is 528 g/mol. The zero-order chi connectivity index (χ0) is 29.3. The van der Waals surface area contributed by atoms with E-state index in [1.165, 1.54) is 5.56 Å². The van der Waals surface area contributed by atoms with E-state index >= 15 is 0 Å². The Morgan fingerprint density at radius 3 is 2.67 bits per heavy atom. The van der Waals surface area contributed by atoms with Gasteiger partial charge in [0.15, 0.2) is 17.2 Å². The largest absolute Gasteiger partial charge is 0.485 e. The van der Waals surface area contributed by atoms with E-state index < -0.39 is 5.72 Å². The molecular formula is C34H34N4O4. The van der Waals surface area contributed by atoms with Gasteiger partial charge < -0.3 is 20.1 Å². The van der Waals surface area contributed by atoms with Crippen LogP contribution in [-0.2, 0) is 13.0 Å². The lowest BCUT2D eigenvalue weighted by atomic mass is 9.89. The Morgan fingerprint density at radius 1 is 1.05 bits per heavy atom. The monoisotopic (exact) mass is 562 g/mol. The molecule has 1 saturated heterocycles. The maximum absolute atomic E-state index is 13.5. The molecule has 214 valence electrons. The SMILES string of the molecule is Cc1ccc(CCNC(=O)c2cccc(N3C(=O)NC4CC3(C)Oc3c(OCc5cncc(C)c5)cccc34)c2)cc1. The molecule has 3 heterocycles. The Morgan fingerprint density at radius 2 is 1.86 bits per heavy atom. The van der Waals surface area contributed by atoms with Gasteiger partial charge in [-0.1, -0.05) is 48.0 Å². The number of amides is 3. The number of anilines is 1. The van der Waals surface area contributed by atoms with Crippen LogP contribution in [0.3, 0.4) is 0 Å². The van der Waals surface area contributed by atoms with E-state index in [1.54, 1.807) is 35.5 Å². The quantitative estimate of drug-likeness (QED) is 0.274. The molecule has 0 aliphatic carbocycles. The molecule has 42 heavy (non-hydrogen) atoms. The molecule has 2 aliphatic rings. The van der Waals surface area contributed by atoms with Gasteiger partial charge in [-0.3, -0.25) is 14.7 Å². The minimum atomic E-state index is -0.995. The average molecular weight is 563 g/mol. The first kappa shape index (κ1) is 27.3. The molecule has 2 unspecified atom stereocenters. The fraction of sp³-hybridized carbons (Fsp3) is 0.265. The highest BCUT2D eigenvalue weighted by Crippen LogP contribution is 2.49. The molecule has 0 saturated carbocycles. The number of rotatable bonds is 8. The third-order valence-corrected chi connectivity index (χ3v) is 7.78. The van der Waals surface area contributed by atoms with Crippen molar-refractivity contribution in [1.29, 1.82) is 0 Å². The second kappa shape index (κ2) is 11.2. The van der Waals surface area contributed by atoms with E-state index in [-0.39, 0.29) is 18.0 Å². The molecule has 2 bridgehead atoms. The summed E-state index contributed by atoms with van der Waals surface area (Å²) in [6.07, 6.45) is 4.86. The van der Waals surface area contributed by atoms with Crippen LogP contribution in [0.4, 0.5) is 10.5 Å². The smallest absolute Gasteiger partial charge is 0.325 e. The number of hydrogen-bond acceptors (Lipinski definition) is 5. The average Bonchev–Trinajstić information content (AvgIpc) is 2.97. The number of nitrogens with one attached hydrogen (secondary N) is 2. The van der Waals surface area contributed by atoms with Gasteiger partial charge in [0, 0.05) is 42.0 Å². The number of hydrogen-bond donors (Lipinski definition) is 2. The molecule has 2 aliphatic heterocycles. The van der Waals surface area contributed by atoms with Crippen LogP contribution in [0, 0.1) is 13.8 Å². The topological polar surface area (TPSA) is 92.8 Å². The van der Waals surface area contributed by atoms with E-state index in [4.69, 9.17) is 9.47 Å². The molecule has 1 aromatic heterocycles. The van der Waals surface area contributed by atoms with Gasteiger partial charge in [0.1, 0.15) is 6.61 Å². The van der Waals surface area contributed by atoms with Crippen LogP contribution < -0.4 is 25.0 Å². The highest BCUT2D eigenvalue weighted by molar-refractivity contribution is 5.99. The second-order valence-electron chi connectivity index (χ2n) is 11.2. The number of urea groups is 1. The molecule has 6 rings (SSSR count). The van der Waals surface area contributed by atoms with Crippen molar-refractivity contribution >= 4 is 17.6 Å². The predicted molar refractivity (Wildman–Crippen MR) is 161 cm³/mol. The third kappa shape index (κ3) is 5.52. The first-order valence-corrected chi connectivity index (χ1v) is 14.2. The summed E-state index contributed by atoms with van der Waals surface area (Å²) in [6.45, 7) is 6.80. The Balaban J connectivity index is 1.20. The van der Waals surface area contributed by atoms with Gasteiger partial charge >= 0.3 is 6.03 Å². The number of aromatic nitrogens is 1. The van der Waals surface area contributed by atoms with Crippen LogP contribution in [0.25, 0.3) is 0 Å². The van der Waals surface area contributed by atoms with Crippen molar-refractivity contribution in [3.8, 4) is 11.5 Å². The molecule has 1 fully saturated rings. The summed E-state index contributed by atoms with van der Waals surface area (Å²) in [7, 11) is 0. The second-order valence-corrected chi connectivity index (χ2v) is 11.2. The molecule has 2 N–H and O–H groups in total. The number of carbonyl (C=O) groups excluding carboxylic acids is 2. The van der Waals surface area contributed by atoms with Crippen molar-refractivity contribution in [2.24, 2.45) is 0 Å². The summed E-state index contributed by atoms with van der Waals surface area (Å²) in [4.78, 5) is 32.4. The fourth-order valence-electron chi connectivity index (χ4n) is 5.69. The number of para-hydroxylation sites is 1. The highest BCUT2D eigenvalue weighted by atomic mass is 16.5. The number of benzene rings is 3. The number of ether oxygens (including phenoxy) is 2. The van der Waals surface area contributed by atoms with Crippen LogP contribution in [-0.4, -0.2) is 29.2 Å². The Hall–Kier alpha value is -4.85. The van der Waals surface area contributed by atoms with Crippen molar-refractivity contribution in [1.82, 2.24) is 15.6 Å². The highest BCUT2D eigenvalue weighted by Gasteiger charge is 2.50. The van der Waals surface area contributed by atoms with Gasteiger partial charge in [-0.2, -0.15) is 0 Å². The van der Waals surface area contributed by atoms with Gasteiger partial charge in [-0.15, -0.1) is 0 Å². The molecule has 0 spiro atoms. The fourth-order valence-corrected chi connectivity index (χ4v) is 5.69. The van der Waals surface area contributed by atoms with Crippen LogP contribution >= 0.6 is 0 Å². The lowest BCUT2D eigenvalue weighted by molar-refractivity contribution is 0.0338. The number of carbonyl (C=O) groups is 2. The Labute approximate surface area is 245 Å². The number of fused-ring (bicyclic) bond motifs is 4. The van der Waals surface area contributed by atoms with Crippen molar-refractivity contribution in [2.45, 2.75) is 52.0 Å². The maximum atomic E-state index is 13.5. The minimum absolute atomic E-state index is 0.194.